The zero-order valence-electron chi connectivity index (χ0n) is 19.3. The van der Waals surface area contributed by atoms with E-state index in [1.165, 1.54) is 12.1 Å². The molecule has 0 amide bonds. The average molecular weight is 493 g/mol. The fraction of sp³-hybridized carbons (Fsp3) is 0.179. The van der Waals surface area contributed by atoms with Crippen molar-refractivity contribution in [2.24, 2.45) is 0 Å². The van der Waals surface area contributed by atoms with Gasteiger partial charge in [-0.3, -0.25) is 4.98 Å². The number of halogens is 3. The summed E-state index contributed by atoms with van der Waals surface area (Å²) in [6.45, 7) is 1.91. The Morgan fingerprint density at radius 1 is 0.917 bits per heavy atom. The van der Waals surface area contributed by atoms with Gasteiger partial charge in [0, 0.05) is 17.5 Å². The first-order valence-electron chi connectivity index (χ1n) is 11.3. The second kappa shape index (κ2) is 9.81. The van der Waals surface area contributed by atoms with E-state index in [-0.39, 0.29) is 28.5 Å². The molecule has 0 saturated carbocycles. The number of aromatic carboxylic acids is 2. The summed E-state index contributed by atoms with van der Waals surface area (Å²) in [5.74, 6) is -2.37. The fourth-order valence-electron chi connectivity index (χ4n) is 4.34. The van der Waals surface area contributed by atoms with Crippen molar-refractivity contribution in [1.82, 2.24) is 4.98 Å². The molecule has 1 heterocycles. The highest BCUT2D eigenvalue weighted by Crippen LogP contribution is 2.34. The molecule has 8 heteroatoms. The second-order valence-electron chi connectivity index (χ2n) is 8.42. The van der Waals surface area contributed by atoms with Crippen molar-refractivity contribution in [2.75, 3.05) is 0 Å². The van der Waals surface area contributed by atoms with Crippen LogP contribution >= 0.6 is 0 Å². The lowest BCUT2D eigenvalue weighted by atomic mass is 9.91. The number of alkyl halides is 3. The third-order valence-corrected chi connectivity index (χ3v) is 6.00. The van der Waals surface area contributed by atoms with E-state index in [1.807, 2.05) is 6.92 Å². The number of pyridine rings is 1. The number of aromatic nitrogens is 1. The van der Waals surface area contributed by atoms with Gasteiger partial charge in [0.1, 0.15) is 0 Å². The summed E-state index contributed by atoms with van der Waals surface area (Å²) in [6, 6.07) is 16.5. The van der Waals surface area contributed by atoms with E-state index in [0.717, 1.165) is 17.7 Å². The molecule has 4 rings (SSSR count). The lowest BCUT2D eigenvalue weighted by molar-refractivity contribution is -0.137. The van der Waals surface area contributed by atoms with Gasteiger partial charge in [-0.15, -0.1) is 0 Å². The molecule has 0 aliphatic rings. The van der Waals surface area contributed by atoms with Crippen molar-refractivity contribution in [3.8, 4) is 11.1 Å². The first kappa shape index (κ1) is 24.9. The Morgan fingerprint density at radius 2 is 1.61 bits per heavy atom. The number of benzene rings is 3. The van der Waals surface area contributed by atoms with Crippen LogP contribution in [0.2, 0.25) is 0 Å². The molecule has 5 nitrogen and oxygen atoms in total. The van der Waals surface area contributed by atoms with Crippen molar-refractivity contribution in [1.29, 1.82) is 0 Å². The van der Waals surface area contributed by atoms with Crippen LogP contribution < -0.4 is 0 Å². The van der Waals surface area contributed by atoms with E-state index in [4.69, 9.17) is 0 Å². The van der Waals surface area contributed by atoms with Gasteiger partial charge in [0.05, 0.1) is 22.2 Å². The van der Waals surface area contributed by atoms with Gasteiger partial charge < -0.3 is 10.2 Å². The molecule has 3 aromatic carbocycles. The van der Waals surface area contributed by atoms with E-state index in [0.29, 0.717) is 35.2 Å². The minimum Gasteiger partial charge on any atom is -0.478 e. The number of hydrogen-bond acceptors (Lipinski definition) is 3. The Balaban J connectivity index is 1.82. The summed E-state index contributed by atoms with van der Waals surface area (Å²) in [4.78, 5) is 28.4. The molecule has 0 aliphatic heterocycles. The fourth-order valence-corrected chi connectivity index (χ4v) is 4.34. The summed E-state index contributed by atoms with van der Waals surface area (Å²) >= 11 is 0. The summed E-state index contributed by atoms with van der Waals surface area (Å²) in [5, 5.41) is 19.4. The molecule has 0 fully saturated rings. The zero-order chi connectivity index (χ0) is 26.0. The van der Waals surface area contributed by atoms with Crippen molar-refractivity contribution < 1.29 is 33.0 Å². The predicted octanol–water partition coefficient (Wildman–Crippen LogP) is 6.86. The van der Waals surface area contributed by atoms with Crippen LogP contribution in [0.25, 0.3) is 22.0 Å². The van der Waals surface area contributed by atoms with Gasteiger partial charge in [-0.05, 0) is 52.9 Å². The molecule has 2 N–H and O–H groups in total. The number of carboxylic acid groups (broad SMARTS) is 2. The van der Waals surface area contributed by atoms with Crippen LogP contribution in [0.1, 0.15) is 56.4 Å². The molecular weight excluding hydrogens is 471 g/mol. The SMILES string of the molecule is CCCc1nc2ccc(C(F)(F)F)cc2c(C(=O)O)c1Cc1ccc(-c2ccccc2C(=O)O)cc1. The maximum atomic E-state index is 13.3. The van der Waals surface area contributed by atoms with Gasteiger partial charge in [0.25, 0.3) is 0 Å². The summed E-state index contributed by atoms with van der Waals surface area (Å²) < 4.78 is 40.0. The highest BCUT2D eigenvalue weighted by molar-refractivity contribution is 6.04. The smallest absolute Gasteiger partial charge is 0.416 e. The number of carbonyl (C=O) groups is 2. The maximum absolute atomic E-state index is 13.3. The van der Waals surface area contributed by atoms with Crippen molar-refractivity contribution >= 4 is 22.8 Å². The standard InChI is InChI=1S/C28H22F3NO4/c1-2-5-23-21(25(27(35)36)22-15-18(28(29,30)31)12-13-24(22)32-23)14-16-8-10-17(11-9-16)19-6-3-4-7-20(19)26(33)34/h3-4,6-13,15H,2,5,14H2,1H3,(H,33,34)(H,35,36). The van der Waals surface area contributed by atoms with Gasteiger partial charge in [0.2, 0.25) is 0 Å². The Kier molecular flexibility index (Phi) is 6.79. The molecule has 1 aromatic heterocycles. The first-order chi connectivity index (χ1) is 17.1. The number of hydrogen-bond donors (Lipinski definition) is 2. The molecule has 184 valence electrons. The van der Waals surface area contributed by atoms with E-state index in [2.05, 4.69) is 4.98 Å². The van der Waals surface area contributed by atoms with Crippen LogP contribution in [-0.4, -0.2) is 27.1 Å². The van der Waals surface area contributed by atoms with Crippen molar-refractivity contribution in [3.63, 3.8) is 0 Å². The molecular formula is C28H22F3NO4. The molecule has 0 spiro atoms. The normalized spacial score (nSPS) is 11.6. The van der Waals surface area contributed by atoms with Gasteiger partial charge in [-0.25, -0.2) is 9.59 Å². The van der Waals surface area contributed by atoms with Crippen LogP contribution in [0, 0.1) is 0 Å². The second-order valence-corrected chi connectivity index (χ2v) is 8.42. The van der Waals surface area contributed by atoms with E-state index in [9.17, 15) is 33.0 Å². The Hall–Kier alpha value is -4.20. The zero-order valence-corrected chi connectivity index (χ0v) is 19.3. The van der Waals surface area contributed by atoms with Crippen LogP contribution in [0.4, 0.5) is 13.2 Å². The molecule has 0 atom stereocenters. The van der Waals surface area contributed by atoms with E-state index in [1.54, 1.807) is 42.5 Å². The molecule has 0 radical (unpaired) electrons. The molecule has 36 heavy (non-hydrogen) atoms. The number of fused-ring (bicyclic) bond motifs is 1. The molecule has 0 saturated heterocycles. The largest absolute Gasteiger partial charge is 0.478 e. The van der Waals surface area contributed by atoms with Crippen LogP contribution in [0.3, 0.4) is 0 Å². The molecule has 4 aromatic rings. The summed E-state index contributed by atoms with van der Waals surface area (Å²) in [5.41, 5.74) is 2.08. The topological polar surface area (TPSA) is 87.5 Å². The average Bonchev–Trinajstić information content (AvgIpc) is 2.83. The summed E-state index contributed by atoms with van der Waals surface area (Å²) in [6.07, 6.45) is -3.32. The highest BCUT2D eigenvalue weighted by atomic mass is 19.4. The van der Waals surface area contributed by atoms with E-state index < -0.39 is 23.7 Å². The summed E-state index contributed by atoms with van der Waals surface area (Å²) in [7, 11) is 0. The van der Waals surface area contributed by atoms with Gasteiger partial charge >= 0.3 is 18.1 Å². The van der Waals surface area contributed by atoms with E-state index >= 15 is 0 Å². The van der Waals surface area contributed by atoms with Crippen molar-refractivity contribution in [3.05, 3.63) is 100 Å². The lowest BCUT2D eigenvalue weighted by Gasteiger charge is -2.16. The van der Waals surface area contributed by atoms with Gasteiger partial charge in [-0.1, -0.05) is 55.8 Å². The first-order valence-corrected chi connectivity index (χ1v) is 11.3. The number of carboxylic acids is 2. The maximum Gasteiger partial charge on any atom is 0.416 e. The number of aryl methyl sites for hydroxylation is 1. The highest BCUT2D eigenvalue weighted by Gasteiger charge is 2.31. The Morgan fingerprint density at radius 3 is 2.22 bits per heavy atom. The Labute approximate surface area is 204 Å². The molecule has 0 unspecified atom stereocenters. The van der Waals surface area contributed by atoms with Crippen LogP contribution in [0.5, 0.6) is 0 Å². The molecule has 0 bridgehead atoms. The predicted molar refractivity (Wildman–Crippen MR) is 129 cm³/mol. The quantitative estimate of drug-likeness (QED) is 0.294. The van der Waals surface area contributed by atoms with Crippen molar-refractivity contribution in [2.45, 2.75) is 32.4 Å². The minimum absolute atomic E-state index is 0.0563. The third-order valence-electron chi connectivity index (χ3n) is 6.00. The van der Waals surface area contributed by atoms with Gasteiger partial charge in [-0.2, -0.15) is 13.2 Å². The van der Waals surface area contributed by atoms with Crippen LogP contribution in [-0.2, 0) is 19.0 Å². The molecule has 0 aliphatic carbocycles. The lowest BCUT2D eigenvalue weighted by Crippen LogP contribution is -2.12. The monoisotopic (exact) mass is 493 g/mol. The number of nitrogens with zero attached hydrogens (tertiary/aromatic N) is 1. The minimum atomic E-state index is -4.62. The van der Waals surface area contributed by atoms with Crippen LogP contribution in [0.15, 0.2) is 66.7 Å². The third kappa shape index (κ3) is 4.93. The Bertz CT molecular complexity index is 1460. The van der Waals surface area contributed by atoms with Gasteiger partial charge in [0.15, 0.2) is 0 Å². The number of rotatable bonds is 7.